The maximum Gasteiger partial charge on any atom is 0.419 e. The number of hydrogen-bond donors (Lipinski definition) is 1. The van der Waals surface area contributed by atoms with Crippen molar-refractivity contribution in [1.29, 1.82) is 0 Å². The lowest BCUT2D eigenvalue weighted by atomic mass is 10.1. The van der Waals surface area contributed by atoms with E-state index in [1.807, 2.05) is 0 Å². The molecule has 32 heavy (non-hydrogen) atoms. The van der Waals surface area contributed by atoms with E-state index in [2.05, 4.69) is 4.72 Å². The van der Waals surface area contributed by atoms with Crippen molar-refractivity contribution in [2.45, 2.75) is 31.3 Å². The molecule has 0 bridgehead atoms. The summed E-state index contributed by atoms with van der Waals surface area (Å²) < 4.78 is 59.0. The van der Waals surface area contributed by atoms with Crippen molar-refractivity contribution in [2.75, 3.05) is 18.6 Å². The smallest absolute Gasteiger partial charge is 0.419 e. The van der Waals surface area contributed by atoms with Crippen LogP contribution >= 0.6 is 0 Å². The number of nitrogens with one attached hydrogen (secondary N) is 1. The number of fused-ring (bicyclic) bond motifs is 1. The molecule has 1 unspecified atom stereocenters. The van der Waals surface area contributed by atoms with Gasteiger partial charge >= 0.3 is 6.09 Å². The first-order chi connectivity index (χ1) is 14.9. The molecule has 0 saturated carbocycles. The van der Waals surface area contributed by atoms with Crippen molar-refractivity contribution in [1.82, 2.24) is 9.29 Å². The number of carbonyl (C=O) groups excluding carboxylic acids is 1. The van der Waals surface area contributed by atoms with Crippen LogP contribution in [0, 0.1) is 5.82 Å². The van der Waals surface area contributed by atoms with Crippen LogP contribution in [0.25, 0.3) is 22.0 Å². The van der Waals surface area contributed by atoms with Crippen molar-refractivity contribution in [3.63, 3.8) is 0 Å². The first-order valence-corrected chi connectivity index (χ1v) is 13.0. The van der Waals surface area contributed by atoms with Gasteiger partial charge in [-0.3, -0.25) is 4.57 Å². The topological polar surface area (TPSA) is 100 Å². The van der Waals surface area contributed by atoms with Gasteiger partial charge in [0, 0.05) is 17.1 Å². The van der Waals surface area contributed by atoms with Gasteiger partial charge in [0.15, 0.2) is 0 Å². The third kappa shape index (κ3) is 5.69. The maximum absolute atomic E-state index is 13.9. The summed E-state index contributed by atoms with van der Waals surface area (Å²) in [6, 6.07) is 10.2. The second kappa shape index (κ2) is 9.22. The molecule has 0 spiro atoms. The molecule has 0 aliphatic rings. The molecule has 0 aliphatic carbocycles. The Morgan fingerprint density at radius 3 is 2.44 bits per heavy atom. The number of halogens is 1. The van der Waals surface area contributed by atoms with Crippen LogP contribution in [0.5, 0.6) is 0 Å². The molecule has 10 heteroatoms. The van der Waals surface area contributed by atoms with Gasteiger partial charge in [0.05, 0.1) is 23.2 Å². The lowest BCUT2D eigenvalue weighted by molar-refractivity contribution is 0.0544. The fraction of sp³-hybridized carbons (Fsp3) is 0.318. The summed E-state index contributed by atoms with van der Waals surface area (Å²) in [6.45, 7) is 5.29. The molecule has 0 amide bonds. The molecule has 0 saturated heterocycles. The number of rotatable bonds is 6. The zero-order valence-corrected chi connectivity index (χ0v) is 19.8. The monoisotopic (exact) mass is 480 g/mol. The van der Waals surface area contributed by atoms with Gasteiger partial charge in [-0.2, -0.15) is 0 Å². The fourth-order valence-electron chi connectivity index (χ4n) is 3.11. The van der Waals surface area contributed by atoms with Gasteiger partial charge in [-0.1, -0.05) is 23.3 Å². The highest BCUT2D eigenvalue weighted by molar-refractivity contribution is 7.91. The lowest BCUT2D eigenvalue weighted by Crippen LogP contribution is -2.28. The Morgan fingerprint density at radius 2 is 1.84 bits per heavy atom. The van der Waals surface area contributed by atoms with Crippen molar-refractivity contribution in [2.24, 2.45) is 0 Å². The summed E-state index contributed by atoms with van der Waals surface area (Å²) in [5, 5.41) is 0.622. The van der Waals surface area contributed by atoms with E-state index in [1.165, 1.54) is 35.1 Å². The molecule has 3 rings (SSSR count). The van der Waals surface area contributed by atoms with Crippen LogP contribution in [-0.4, -0.2) is 47.8 Å². The molecule has 1 aromatic heterocycles. The number of ether oxygens (including phenoxy) is 1. The number of aromatic nitrogens is 1. The SMILES string of the molecule is C[S+]([O-])CCNS(=O)(=O)c1ccc(-c2cn(C(=O)OC(C)(C)C)c3cc(F)ccc23)cc1. The molecule has 172 valence electrons. The normalized spacial score (nSPS) is 13.3. The Balaban J connectivity index is 1.97. The van der Waals surface area contributed by atoms with Gasteiger partial charge in [0.1, 0.15) is 17.2 Å². The molecule has 1 heterocycles. The number of carbonyl (C=O) groups is 1. The van der Waals surface area contributed by atoms with Crippen LogP contribution in [-0.2, 0) is 25.9 Å². The number of benzene rings is 2. The molecule has 1 N–H and O–H groups in total. The molecular formula is C22H25FN2O5S2. The molecule has 3 aromatic rings. The highest BCUT2D eigenvalue weighted by Crippen LogP contribution is 2.32. The Labute approximate surface area is 189 Å². The van der Waals surface area contributed by atoms with Gasteiger partial charge < -0.3 is 9.29 Å². The largest absolute Gasteiger partial charge is 0.617 e. The van der Waals surface area contributed by atoms with Crippen LogP contribution in [0.3, 0.4) is 0 Å². The summed E-state index contributed by atoms with van der Waals surface area (Å²) in [6.07, 6.45) is 2.41. The van der Waals surface area contributed by atoms with Crippen LogP contribution in [0.1, 0.15) is 20.8 Å². The van der Waals surface area contributed by atoms with E-state index in [0.29, 0.717) is 22.0 Å². The van der Waals surface area contributed by atoms with E-state index in [-0.39, 0.29) is 17.2 Å². The van der Waals surface area contributed by atoms with E-state index in [4.69, 9.17) is 4.74 Å². The summed E-state index contributed by atoms with van der Waals surface area (Å²) in [7, 11) is -3.74. The average molecular weight is 481 g/mol. The molecule has 1 atom stereocenters. The third-order valence-corrected chi connectivity index (χ3v) is 6.77. The van der Waals surface area contributed by atoms with E-state index >= 15 is 0 Å². The minimum atomic E-state index is -3.74. The van der Waals surface area contributed by atoms with Crippen LogP contribution in [0.2, 0.25) is 0 Å². The molecule has 0 aliphatic heterocycles. The van der Waals surface area contributed by atoms with Crippen molar-refractivity contribution >= 4 is 38.2 Å². The zero-order valence-electron chi connectivity index (χ0n) is 18.2. The van der Waals surface area contributed by atoms with Gasteiger partial charge in [-0.25, -0.2) is 22.3 Å². The number of nitrogens with zero attached hydrogens (tertiary/aromatic N) is 1. The van der Waals surface area contributed by atoms with Crippen molar-refractivity contribution in [3.8, 4) is 11.1 Å². The minimum absolute atomic E-state index is 0.0602. The minimum Gasteiger partial charge on any atom is -0.617 e. The summed E-state index contributed by atoms with van der Waals surface area (Å²) in [5.41, 5.74) is 0.899. The summed E-state index contributed by atoms with van der Waals surface area (Å²) >= 11 is -1.10. The average Bonchev–Trinajstić information content (AvgIpc) is 3.05. The van der Waals surface area contributed by atoms with E-state index in [9.17, 15) is 22.2 Å². The van der Waals surface area contributed by atoms with Gasteiger partial charge in [-0.05, 0) is 56.7 Å². The third-order valence-electron chi connectivity index (χ3n) is 4.52. The van der Waals surface area contributed by atoms with Gasteiger partial charge in [0.25, 0.3) is 0 Å². The molecule has 0 fully saturated rings. The molecular weight excluding hydrogens is 455 g/mol. The van der Waals surface area contributed by atoms with E-state index < -0.39 is 38.7 Å². The highest BCUT2D eigenvalue weighted by atomic mass is 32.2. The Morgan fingerprint density at radius 1 is 1.19 bits per heavy atom. The zero-order chi connectivity index (χ0) is 23.7. The fourth-order valence-corrected chi connectivity index (χ4v) is 4.66. The number of sulfonamides is 1. The lowest BCUT2D eigenvalue weighted by Gasteiger charge is -2.19. The van der Waals surface area contributed by atoms with Crippen LogP contribution in [0.15, 0.2) is 53.6 Å². The molecule has 7 nitrogen and oxygen atoms in total. The first-order valence-electron chi connectivity index (χ1n) is 9.81. The van der Waals surface area contributed by atoms with Crippen molar-refractivity contribution < 1.29 is 26.9 Å². The standard InChI is InChI=1S/C22H25FN2O5S2/c1-22(2,3)30-21(26)25-14-19(18-10-7-16(23)13-20(18)25)15-5-8-17(9-6-15)32(28,29)24-11-12-31(4)27/h5-10,13-14,24H,11-12H2,1-4H3. The quantitative estimate of drug-likeness (QED) is 0.540. The van der Waals surface area contributed by atoms with E-state index in [1.54, 1.807) is 45.2 Å². The maximum atomic E-state index is 13.9. The van der Waals surface area contributed by atoms with Gasteiger partial charge in [-0.15, -0.1) is 0 Å². The molecule has 0 radical (unpaired) electrons. The Kier molecular flexibility index (Phi) is 6.99. The Bertz CT molecular complexity index is 1230. The predicted molar refractivity (Wildman–Crippen MR) is 123 cm³/mol. The highest BCUT2D eigenvalue weighted by Gasteiger charge is 2.22. The summed E-state index contributed by atoms with van der Waals surface area (Å²) in [4.78, 5) is 12.7. The van der Waals surface area contributed by atoms with E-state index in [0.717, 1.165) is 0 Å². The second-order valence-electron chi connectivity index (χ2n) is 8.25. The van der Waals surface area contributed by atoms with Crippen molar-refractivity contribution in [3.05, 3.63) is 54.5 Å². The van der Waals surface area contributed by atoms with Crippen LogP contribution < -0.4 is 4.72 Å². The predicted octanol–water partition coefficient (Wildman–Crippen LogP) is 3.89. The van der Waals surface area contributed by atoms with Crippen LogP contribution in [0.4, 0.5) is 9.18 Å². The first kappa shape index (κ1) is 24.2. The summed E-state index contributed by atoms with van der Waals surface area (Å²) in [5.74, 6) is -0.273. The van der Waals surface area contributed by atoms with Gasteiger partial charge in [0.2, 0.25) is 10.0 Å². The molecule has 2 aromatic carbocycles. The second-order valence-corrected chi connectivity index (χ2v) is 11.6. The number of hydrogen-bond acceptors (Lipinski definition) is 5. The Hall–Kier alpha value is -2.40.